The summed E-state index contributed by atoms with van der Waals surface area (Å²) in [7, 11) is 0. The van der Waals surface area contributed by atoms with E-state index < -0.39 is 11.9 Å². The quantitative estimate of drug-likeness (QED) is 0.568. The van der Waals surface area contributed by atoms with Crippen LogP contribution in [0.25, 0.3) is 0 Å². The van der Waals surface area contributed by atoms with Gasteiger partial charge in [-0.25, -0.2) is 0 Å². The standard InChI is InChI=1S/C20H20ClNO4/c1-2-3-14-4-6-15(7-5-14)18(23)13-26-19(24)12-22-20(25)16-8-10-17(21)11-9-16/h4-11H,2-3,12-13H2,1H3,(H,22,25). The van der Waals surface area contributed by atoms with E-state index in [1.54, 1.807) is 36.4 Å². The van der Waals surface area contributed by atoms with Crippen molar-refractivity contribution in [2.24, 2.45) is 0 Å². The van der Waals surface area contributed by atoms with Crippen LogP contribution in [0.1, 0.15) is 39.6 Å². The van der Waals surface area contributed by atoms with Crippen molar-refractivity contribution in [3.05, 3.63) is 70.2 Å². The summed E-state index contributed by atoms with van der Waals surface area (Å²) in [6, 6.07) is 13.5. The average Bonchev–Trinajstić information content (AvgIpc) is 2.65. The van der Waals surface area contributed by atoms with E-state index in [-0.39, 0.29) is 18.9 Å². The molecule has 136 valence electrons. The Balaban J connectivity index is 1.76. The summed E-state index contributed by atoms with van der Waals surface area (Å²) in [5, 5.41) is 2.95. The average molecular weight is 374 g/mol. The van der Waals surface area contributed by atoms with Gasteiger partial charge in [0.1, 0.15) is 6.54 Å². The Kier molecular flexibility index (Phi) is 7.36. The number of hydrogen-bond acceptors (Lipinski definition) is 4. The van der Waals surface area contributed by atoms with Crippen molar-refractivity contribution >= 4 is 29.3 Å². The van der Waals surface area contributed by atoms with Crippen molar-refractivity contribution < 1.29 is 19.1 Å². The molecule has 0 heterocycles. The molecule has 6 heteroatoms. The summed E-state index contributed by atoms with van der Waals surface area (Å²) in [5.41, 5.74) is 2.03. The Morgan fingerprint density at radius 2 is 1.58 bits per heavy atom. The number of amides is 1. The molecule has 1 amide bonds. The van der Waals surface area contributed by atoms with E-state index in [1.165, 1.54) is 0 Å². The molecule has 2 aromatic carbocycles. The van der Waals surface area contributed by atoms with Crippen molar-refractivity contribution in [2.45, 2.75) is 19.8 Å². The van der Waals surface area contributed by atoms with Gasteiger partial charge in [0.2, 0.25) is 0 Å². The number of ketones is 1. The third kappa shape index (κ3) is 6.01. The number of ether oxygens (including phenoxy) is 1. The minimum absolute atomic E-state index is 0.287. The maximum atomic E-state index is 12.0. The molecule has 0 spiro atoms. The van der Waals surface area contributed by atoms with Gasteiger partial charge in [-0.1, -0.05) is 49.2 Å². The Labute approximate surface area is 157 Å². The molecule has 0 atom stereocenters. The van der Waals surface area contributed by atoms with Crippen LogP contribution in [0.15, 0.2) is 48.5 Å². The highest BCUT2D eigenvalue weighted by Crippen LogP contribution is 2.09. The van der Waals surface area contributed by atoms with Crippen molar-refractivity contribution in [3.8, 4) is 0 Å². The molecule has 5 nitrogen and oxygen atoms in total. The molecule has 0 fully saturated rings. The topological polar surface area (TPSA) is 72.5 Å². The van der Waals surface area contributed by atoms with E-state index in [0.29, 0.717) is 16.1 Å². The smallest absolute Gasteiger partial charge is 0.325 e. The molecule has 26 heavy (non-hydrogen) atoms. The van der Waals surface area contributed by atoms with Crippen LogP contribution < -0.4 is 5.32 Å². The van der Waals surface area contributed by atoms with Crippen molar-refractivity contribution in [2.75, 3.05) is 13.2 Å². The molecule has 0 aliphatic rings. The number of Topliss-reactive ketones (excluding diaryl/α,β-unsaturated/α-hetero) is 1. The molecule has 1 N–H and O–H groups in total. The van der Waals surface area contributed by atoms with Gasteiger partial charge in [0, 0.05) is 16.1 Å². The second-order valence-electron chi connectivity index (χ2n) is 5.72. The second-order valence-corrected chi connectivity index (χ2v) is 6.16. The summed E-state index contributed by atoms with van der Waals surface area (Å²) in [6.45, 7) is 1.41. The highest BCUT2D eigenvalue weighted by atomic mass is 35.5. The van der Waals surface area contributed by atoms with Crippen LogP contribution in [-0.2, 0) is 16.0 Å². The predicted octanol–water partition coefficient (Wildman–Crippen LogP) is 3.45. The lowest BCUT2D eigenvalue weighted by Gasteiger charge is -2.07. The number of halogens is 1. The molecule has 0 saturated heterocycles. The fourth-order valence-corrected chi connectivity index (χ4v) is 2.41. The molecule has 0 unspecified atom stereocenters. The van der Waals surface area contributed by atoms with Crippen molar-refractivity contribution in [1.82, 2.24) is 5.32 Å². The van der Waals surface area contributed by atoms with E-state index >= 15 is 0 Å². The molecule has 2 rings (SSSR count). The predicted molar refractivity (Wildman–Crippen MR) is 99.5 cm³/mol. The summed E-state index contributed by atoms with van der Waals surface area (Å²) in [5.74, 6) is -1.38. The number of hydrogen-bond donors (Lipinski definition) is 1. The minimum atomic E-state index is -0.678. The highest BCUT2D eigenvalue weighted by molar-refractivity contribution is 6.30. The summed E-state index contributed by atoms with van der Waals surface area (Å²) >= 11 is 5.75. The number of carbonyl (C=O) groups excluding carboxylic acids is 3. The van der Waals surface area contributed by atoms with Crippen LogP contribution in [0.3, 0.4) is 0 Å². The van der Waals surface area contributed by atoms with E-state index in [4.69, 9.17) is 16.3 Å². The monoisotopic (exact) mass is 373 g/mol. The van der Waals surface area contributed by atoms with Crippen LogP contribution >= 0.6 is 11.6 Å². The summed E-state index contributed by atoms with van der Waals surface area (Å²) in [6.07, 6.45) is 1.99. The second kappa shape index (κ2) is 9.73. The van der Waals surface area contributed by atoms with Crippen molar-refractivity contribution in [3.63, 3.8) is 0 Å². The van der Waals surface area contributed by atoms with Gasteiger partial charge in [0.15, 0.2) is 12.4 Å². The fraction of sp³-hybridized carbons (Fsp3) is 0.250. The maximum Gasteiger partial charge on any atom is 0.325 e. The fourth-order valence-electron chi connectivity index (χ4n) is 2.28. The lowest BCUT2D eigenvalue weighted by Crippen LogP contribution is -2.31. The van der Waals surface area contributed by atoms with Crippen LogP contribution in [0, 0.1) is 0 Å². The molecule has 0 aliphatic carbocycles. The molecule has 0 aliphatic heterocycles. The van der Waals surface area contributed by atoms with Gasteiger partial charge in [-0.05, 0) is 36.2 Å². The van der Waals surface area contributed by atoms with E-state index in [9.17, 15) is 14.4 Å². The first kappa shape index (κ1) is 19.7. The van der Waals surface area contributed by atoms with Gasteiger partial charge in [0.05, 0.1) is 0 Å². The zero-order valence-electron chi connectivity index (χ0n) is 14.5. The summed E-state index contributed by atoms with van der Waals surface area (Å²) in [4.78, 5) is 35.6. The molecule has 0 aromatic heterocycles. The normalized spacial score (nSPS) is 10.2. The third-order valence-corrected chi connectivity index (χ3v) is 3.93. The van der Waals surface area contributed by atoms with E-state index in [0.717, 1.165) is 18.4 Å². The van der Waals surface area contributed by atoms with Crippen LogP contribution in [0.2, 0.25) is 5.02 Å². The van der Waals surface area contributed by atoms with Crippen LogP contribution in [0.5, 0.6) is 0 Å². The molecule has 0 radical (unpaired) electrons. The Bertz CT molecular complexity index is 769. The maximum absolute atomic E-state index is 12.0. The van der Waals surface area contributed by atoms with Gasteiger partial charge in [-0.3, -0.25) is 14.4 Å². The number of nitrogens with one attached hydrogen (secondary N) is 1. The lowest BCUT2D eigenvalue weighted by molar-refractivity contribution is -0.141. The molecular weight excluding hydrogens is 354 g/mol. The molecule has 2 aromatic rings. The van der Waals surface area contributed by atoms with Gasteiger partial charge in [0.25, 0.3) is 5.91 Å². The zero-order valence-corrected chi connectivity index (χ0v) is 15.2. The minimum Gasteiger partial charge on any atom is -0.456 e. The van der Waals surface area contributed by atoms with Crippen LogP contribution in [-0.4, -0.2) is 30.8 Å². The Hall–Kier alpha value is -2.66. The largest absolute Gasteiger partial charge is 0.456 e. The summed E-state index contributed by atoms with van der Waals surface area (Å²) < 4.78 is 4.92. The first-order valence-electron chi connectivity index (χ1n) is 8.31. The van der Waals surface area contributed by atoms with Crippen molar-refractivity contribution in [1.29, 1.82) is 0 Å². The molecular formula is C20H20ClNO4. The molecule has 0 saturated carbocycles. The Morgan fingerprint density at radius 1 is 0.962 bits per heavy atom. The first-order chi connectivity index (χ1) is 12.5. The number of rotatable bonds is 8. The van der Waals surface area contributed by atoms with Gasteiger partial charge in [-0.15, -0.1) is 0 Å². The third-order valence-electron chi connectivity index (χ3n) is 3.68. The number of aryl methyl sites for hydroxylation is 1. The highest BCUT2D eigenvalue weighted by Gasteiger charge is 2.12. The zero-order chi connectivity index (χ0) is 18.9. The number of carbonyl (C=O) groups is 3. The van der Waals surface area contributed by atoms with Gasteiger partial charge < -0.3 is 10.1 Å². The Morgan fingerprint density at radius 3 is 2.19 bits per heavy atom. The van der Waals surface area contributed by atoms with Gasteiger partial charge >= 0.3 is 5.97 Å². The van der Waals surface area contributed by atoms with E-state index in [2.05, 4.69) is 12.2 Å². The first-order valence-corrected chi connectivity index (χ1v) is 8.69. The lowest BCUT2D eigenvalue weighted by atomic mass is 10.1. The van der Waals surface area contributed by atoms with Crippen LogP contribution in [0.4, 0.5) is 0 Å². The SMILES string of the molecule is CCCc1ccc(C(=O)COC(=O)CNC(=O)c2ccc(Cl)cc2)cc1. The van der Waals surface area contributed by atoms with Gasteiger partial charge in [-0.2, -0.15) is 0 Å². The molecule has 0 bridgehead atoms. The number of esters is 1. The number of benzene rings is 2. The van der Waals surface area contributed by atoms with E-state index in [1.807, 2.05) is 12.1 Å².